The molecule has 1 aliphatic rings. The maximum absolute atomic E-state index is 12.9. The van der Waals surface area contributed by atoms with Gasteiger partial charge in [-0.3, -0.25) is 4.79 Å². The van der Waals surface area contributed by atoms with Crippen molar-refractivity contribution in [2.24, 2.45) is 0 Å². The summed E-state index contributed by atoms with van der Waals surface area (Å²) >= 11 is 0. The highest BCUT2D eigenvalue weighted by Gasteiger charge is 2.30. The van der Waals surface area contributed by atoms with Crippen LogP contribution in [0.5, 0.6) is 11.5 Å². The molecule has 2 aromatic rings. The summed E-state index contributed by atoms with van der Waals surface area (Å²) in [4.78, 5) is 14.6. The normalized spacial score (nSPS) is 12.8. The molecule has 0 aromatic heterocycles. The van der Waals surface area contributed by atoms with Crippen LogP contribution in [0.25, 0.3) is 0 Å². The first-order chi connectivity index (χ1) is 15.7. The Labute approximate surface area is 195 Å². The summed E-state index contributed by atoms with van der Waals surface area (Å²) < 4.78 is 36.0. The van der Waals surface area contributed by atoms with Gasteiger partial charge in [-0.2, -0.15) is 8.78 Å². The van der Waals surface area contributed by atoms with Crippen LogP contribution in [0.4, 0.5) is 8.78 Å². The van der Waals surface area contributed by atoms with E-state index in [0.29, 0.717) is 30.1 Å². The van der Waals surface area contributed by atoms with E-state index in [2.05, 4.69) is 11.3 Å². The number of amides is 1. The Morgan fingerprint density at radius 2 is 1.91 bits per heavy atom. The number of carbonyl (C=O) groups is 1. The van der Waals surface area contributed by atoms with Crippen molar-refractivity contribution in [3.05, 3.63) is 83.5 Å². The van der Waals surface area contributed by atoms with E-state index in [9.17, 15) is 13.6 Å². The number of alkyl halides is 2. The molecule has 1 atom stereocenters. The molecule has 0 radical (unpaired) electrons. The van der Waals surface area contributed by atoms with Crippen LogP contribution in [0.15, 0.2) is 61.2 Å². The number of allylic oxidation sites excluding steroid dienone is 2. The first-order valence-electron chi connectivity index (χ1n) is 10.5. The van der Waals surface area contributed by atoms with Crippen molar-refractivity contribution >= 4 is 20.9 Å². The van der Waals surface area contributed by atoms with Crippen LogP contribution in [0.2, 0.25) is 0 Å². The molecule has 1 N–H and O–H groups in total. The lowest BCUT2D eigenvalue weighted by molar-refractivity contribution is -0.0892. The molecule has 0 saturated heterocycles. The average Bonchev–Trinajstić information content (AvgIpc) is 3.08. The Hall–Kier alpha value is -3.05. The number of ether oxygens (including phenoxy) is 2. The minimum absolute atomic E-state index is 0.0472. The van der Waals surface area contributed by atoms with Gasteiger partial charge in [0, 0.05) is 18.7 Å². The lowest BCUT2D eigenvalue weighted by Gasteiger charge is -2.17. The molecular weight excluding hydrogens is 445 g/mol. The van der Waals surface area contributed by atoms with Gasteiger partial charge in [-0.05, 0) is 63.2 Å². The zero-order chi connectivity index (χ0) is 24.6. The Morgan fingerprint density at radius 1 is 1.24 bits per heavy atom. The third-order valence-electron chi connectivity index (χ3n) is 4.63. The number of halogens is 2. The Morgan fingerprint density at radius 3 is 2.52 bits per heavy atom. The van der Waals surface area contributed by atoms with E-state index >= 15 is 0 Å². The first-order valence-corrected chi connectivity index (χ1v) is 11.1. The number of nitrogens with zero attached hydrogens (tertiary/aromatic N) is 1. The maximum Gasteiger partial charge on any atom is 0.408 e. The summed E-state index contributed by atoms with van der Waals surface area (Å²) in [6, 6.07) is 9.84. The van der Waals surface area contributed by atoms with E-state index in [4.69, 9.17) is 10.1 Å². The van der Waals surface area contributed by atoms with Crippen LogP contribution in [0.1, 0.15) is 40.9 Å². The van der Waals surface area contributed by atoms with Gasteiger partial charge >= 0.3 is 5.85 Å². The molecule has 1 aliphatic heterocycles. The van der Waals surface area contributed by atoms with Gasteiger partial charge in [0.25, 0.3) is 5.91 Å². The van der Waals surface area contributed by atoms with Gasteiger partial charge in [0.2, 0.25) is 0 Å². The van der Waals surface area contributed by atoms with E-state index in [1.165, 1.54) is 21.4 Å². The Balaban J connectivity index is 0.00000187. The molecule has 3 rings (SSSR count). The topological polar surface area (TPSA) is 62.6 Å². The predicted octanol–water partition coefficient (Wildman–Crippen LogP) is 6.12. The number of aryl methyl sites for hydroxylation is 1. The summed E-state index contributed by atoms with van der Waals surface area (Å²) in [6.45, 7) is 10.3. The van der Waals surface area contributed by atoms with Crippen LogP contribution in [-0.2, 0) is 13.1 Å². The molecule has 0 bridgehead atoms. The Bertz CT molecular complexity index is 1030. The molecule has 0 fully saturated rings. The van der Waals surface area contributed by atoms with Gasteiger partial charge in [-0.1, -0.05) is 44.7 Å². The van der Waals surface area contributed by atoms with Crippen molar-refractivity contribution in [3.8, 4) is 11.5 Å². The minimum Gasteiger partial charge on any atom is -0.487 e. The molecule has 33 heavy (non-hydrogen) atoms. The fourth-order valence-corrected chi connectivity index (χ4v) is 3.47. The van der Waals surface area contributed by atoms with Crippen LogP contribution in [-0.4, -0.2) is 29.0 Å². The summed E-state index contributed by atoms with van der Waals surface area (Å²) in [6.07, 6.45) is 4.86. The molecule has 0 saturated carbocycles. The molecule has 8 heteroatoms. The van der Waals surface area contributed by atoms with Crippen LogP contribution in [0, 0.1) is 12.3 Å². The summed E-state index contributed by atoms with van der Waals surface area (Å²) in [5, 5.41) is 7.83. The molecule has 0 spiro atoms. The van der Waals surface area contributed by atoms with E-state index < -0.39 is 5.85 Å². The Kier molecular flexibility index (Phi) is 9.30. The SMILES string of the molecule is C=C/C=C\C(=N)COc1cc(C)c2c(c1)CN(Cc1ccc(OC(F)(F)P)cc1)C2=O.CC. The van der Waals surface area contributed by atoms with Gasteiger partial charge in [0.15, 0.2) is 0 Å². The van der Waals surface area contributed by atoms with Gasteiger partial charge in [-0.25, -0.2) is 0 Å². The van der Waals surface area contributed by atoms with Crippen molar-refractivity contribution < 1.29 is 23.0 Å². The zero-order valence-corrected chi connectivity index (χ0v) is 20.2. The number of nitrogens with one attached hydrogen (secondary N) is 1. The second-order valence-electron chi connectivity index (χ2n) is 7.15. The van der Waals surface area contributed by atoms with Gasteiger partial charge < -0.3 is 19.8 Å². The lowest BCUT2D eigenvalue weighted by atomic mass is 10.0. The smallest absolute Gasteiger partial charge is 0.408 e. The third kappa shape index (κ3) is 7.50. The van der Waals surface area contributed by atoms with Gasteiger partial charge in [0.1, 0.15) is 18.1 Å². The van der Waals surface area contributed by atoms with Gasteiger partial charge in [-0.15, -0.1) is 0 Å². The second kappa shape index (κ2) is 11.7. The molecule has 176 valence electrons. The summed E-state index contributed by atoms with van der Waals surface area (Å²) in [5.41, 5.74) is 3.42. The van der Waals surface area contributed by atoms with Crippen LogP contribution < -0.4 is 9.47 Å². The van der Waals surface area contributed by atoms with E-state index in [0.717, 1.165) is 16.7 Å². The number of fused-ring (bicyclic) bond motifs is 1. The quantitative estimate of drug-likeness (QED) is 0.271. The van der Waals surface area contributed by atoms with Gasteiger partial charge in [0.05, 0.1) is 5.71 Å². The van der Waals surface area contributed by atoms with Crippen LogP contribution in [0.3, 0.4) is 0 Å². The molecule has 5 nitrogen and oxygen atoms in total. The number of hydrogen-bond donors (Lipinski definition) is 1. The highest BCUT2D eigenvalue weighted by Crippen LogP contribution is 2.32. The van der Waals surface area contributed by atoms with Crippen molar-refractivity contribution in [2.45, 2.75) is 39.7 Å². The van der Waals surface area contributed by atoms with E-state index in [1.54, 1.807) is 41.3 Å². The second-order valence-corrected chi connectivity index (χ2v) is 7.82. The van der Waals surface area contributed by atoms with Crippen molar-refractivity contribution in [1.82, 2.24) is 4.90 Å². The lowest BCUT2D eigenvalue weighted by Crippen LogP contribution is -2.23. The standard InChI is InChI=1S/C23H23F2N2O3P.C2H6/c1-3-4-5-18(26)14-29-20-10-15(2)21-17(11-20)13-27(22(21)28)12-16-6-8-19(9-7-16)30-23(24,25)31;1-2/h3-11,26H,1,12-14,31H2,2H3;1-2H3/b5-4-,26-18?;. The third-order valence-corrected chi connectivity index (χ3v) is 4.75. The molecule has 1 amide bonds. The summed E-state index contributed by atoms with van der Waals surface area (Å²) in [5.74, 6) is -2.77. The van der Waals surface area contributed by atoms with E-state index in [1.807, 2.05) is 26.8 Å². The number of rotatable bonds is 9. The fourth-order valence-electron chi connectivity index (χ4n) is 3.34. The highest BCUT2D eigenvalue weighted by atomic mass is 31.0. The number of benzene rings is 2. The van der Waals surface area contributed by atoms with Crippen molar-refractivity contribution in [2.75, 3.05) is 6.61 Å². The predicted molar refractivity (Wildman–Crippen MR) is 130 cm³/mol. The van der Waals surface area contributed by atoms with Crippen molar-refractivity contribution in [1.29, 1.82) is 5.41 Å². The highest BCUT2D eigenvalue weighted by molar-refractivity contribution is 7.17. The number of hydrogen-bond acceptors (Lipinski definition) is 4. The zero-order valence-electron chi connectivity index (χ0n) is 19.0. The van der Waals surface area contributed by atoms with Crippen LogP contribution >= 0.6 is 9.24 Å². The molecule has 0 aliphatic carbocycles. The number of carbonyl (C=O) groups excluding carboxylic acids is 1. The minimum atomic E-state index is -3.33. The summed E-state index contributed by atoms with van der Waals surface area (Å²) in [7, 11) is 1.33. The monoisotopic (exact) mass is 474 g/mol. The first kappa shape index (κ1) is 26.2. The average molecular weight is 474 g/mol. The molecule has 1 heterocycles. The fraction of sp³-hybridized carbons (Fsp3) is 0.280. The largest absolute Gasteiger partial charge is 0.487 e. The molecular formula is C25H29F2N2O3P. The maximum atomic E-state index is 12.9. The van der Waals surface area contributed by atoms with E-state index in [-0.39, 0.29) is 18.3 Å². The molecule has 2 aromatic carbocycles. The molecule has 1 unspecified atom stereocenters. The van der Waals surface area contributed by atoms with Crippen molar-refractivity contribution in [3.63, 3.8) is 0 Å².